The van der Waals surface area contributed by atoms with Crippen LogP contribution in [0.2, 0.25) is 0 Å². The molecular weight excluding hydrogens is 328 g/mol. The third-order valence-electron chi connectivity index (χ3n) is 4.88. The van der Waals surface area contributed by atoms with Gasteiger partial charge in [0.25, 0.3) is 0 Å². The van der Waals surface area contributed by atoms with Crippen molar-refractivity contribution < 1.29 is 9.59 Å². The number of hydrogen-bond donors (Lipinski definition) is 1. The standard InChI is InChI=1S/C20H24N4O2/c1-4-17(25)24-12-10-16(11-13-24)20(26)21-19-18(14(2)22-23(19)3)15-8-6-5-7-9-15/h4-9,16H,1,10-13H2,2-3H3,(H,21,26). The minimum atomic E-state index is -0.109. The Hall–Kier alpha value is -2.89. The van der Waals surface area contributed by atoms with Crippen molar-refractivity contribution in [3.63, 3.8) is 0 Å². The Balaban J connectivity index is 1.75. The van der Waals surface area contributed by atoms with Crippen LogP contribution in [0.15, 0.2) is 43.0 Å². The smallest absolute Gasteiger partial charge is 0.245 e. The number of aryl methyl sites for hydroxylation is 2. The Morgan fingerprint density at radius 1 is 1.23 bits per heavy atom. The van der Waals surface area contributed by atoms with E-state index in [0.29, 0.717) is 31.7 Å². The number of benzene rings is 1. The van der Waals surface area contributed by atoms with Crippen LogP contribution < -0.4 is 5.32 Å². The van der Waals surface area contributed by atoms with E-state index in [2.05, 4.69) is 17.0 Å². The van der Waals surface area contributed by atoms with Crippen molar-refractivity contribution in [1.82, 2.24) is 14.7 Å². The predicted octanol–water partition coefficient (Wildman–Crippen LogP) is 2.76. The lowest BCUT2D eigenvalue weighted by molar-refractivity contribution is -0.130. The second-order valence-electron chi connectivity index (χ2n) is 6.59. The monoisotopic (exact) mass is 352 g/mol. The van der Waals surface area contributed by atoms with Crippen molar-refractivity contribution in [2.75, 3.05) is 18.4 Å². The fraction of sp³-hybridized carbons (Fsp3) is 0.350. The summed E-state index contributed by atoms with van der Waals surface area (Å²) in [5, 5.41) is 7.53. The number of aromatic nitrogens is 2. The zero-order valence-corrected chi connectivity index (χ0v) is 15.2. The molecule has 0 bridgehead atoms. The van der Waals surface area contributed by atoms with Crippen LogP contribution in [0.4, 0.5) is 5.82 Å². The topological polar surface area (TPSA) is 67.2 Å². The molecule has 0 aliphatic carbocycles. The second-order valence-corrected chi connectivity index (χ2v) is 6.59. The number of likely N-dealkylation sites (tertiary alicyclic amines) is 1. The van der Waals surface area contributed by atoms with Crippen LogP contribution in [0.25, 0.3) is 11.1 Å². The van der Waals surface area contributed by atoms with Crippen LogP contribution in [-0.4, -0.2) is 39.6 Å². The van der Waals surface area contributed by atoms with Gasteiger partial charge in [-0.05, 0) is 31.4 Å². The number of anilines is 1. The van der Waals surface area contributed by atoms with Crippen molar-refractivity contribution in [3.05, 3.63) is 48.7 Å². The fourth-order valence-electron chi connectivity index (χ4n) is 3.46. The predicted molar refractivity (Wildman–Crippen MR) is 102 cm³/mol. The van der Waals surface area contributed by atoms with E-state index < -0.39 is 0 Å². The molecule has 0 saturated carbocycles. The van der Waals surface area contributed by atoms with E-state index in [9.17, 15) is 9.59 Å². The van der Waals surface area contributed by atoms with E-state index in [1.807, 2.05) is 44.3 Å². The lowest BCUT2D eigenvalue weighted by atomic mass is 9.95. The number of carbonyl (C=O) groups is 2. The average Bonchev–Trinajstić information content (AvgIpc) is 2.95. The molecule has 0 spiro atoms. The van der Waals surface area contributed by atoms with E-state index in [1.54, 1.807) is 9.58 Å². The SMILES string of the molecule is C=CC(=O)N1CCC(C(=O)Nc2c(-c3ccccc3)c(C)nn2C)CC1. The number of piperidine rings is 1. The van der Waals surface area contributed by atoms with Crippen LogP contribution in [-0.2, 0) is 16.6 Å². The first-order valence-corrected chi connectivity index (χ1v) is 8.82. The van der Waals surface area contributed by atoms with E-state index >= 15 is 0 Å². The van der Waals surface area contributed by atoms with Crippen LogP contribution in [0.5, 0.6) is 0 Å². The van der Waals surface area contributed by atoms with Gasteiger partial charge in [0.1, 0.15) is 5.82 Å². The first-order valence-electron chi connectivity index (χ1n) is 8.82. The van der Waals surface area contributed by atoms with Gasteiger partial charge >= 0.3 is 0 Å². The summed E-state index contributed by atoms with van der Waals surface area (Å²) in [6, 6.07) is 9.93. The normalized spacial score (nSPS) is 14.9. The maximum absolute atomic E-state index is 12.8. The van der Waals surface area contributed by atoms with E-state index in [0.717, 1.165) is 16.8 Å². The van der Waals surface area contributed by atoms with Gasteiger partial charge in [-0.15, -0.1) is 0 Å². The molecule has 2 amide bonds. The molecule has 2 aromatic rings. The molecule has 1 aliphatic heterocycles. The van der Waals surface area contributed by atoms with E-state index in [4.69, 9.17) is 0 Å². The van der Waals surface area contributed by atoms with Crippen molar-refractivity contribution in [2.24, 2.45) is 13.0 Å². The number of hydrogen-bond acceptors (Lipinski definition) is 3. The van der Waals surface area contributed by atoms with E-state index in [-0.39, 0.29) is 17.7 Å². The van der Waals surface area contributed by atoms with Crippen molar-refractivity contribution in [1.29, 1.82) is 0 Å². The molecule has 0 unspecified atom stereocenters. The van der Waals surface area contributed by atoms with Gasteiger partial charge in [0.15, 0.2) is 0 Å². The molecule has 0 atom stereocenters. The maximum atomic E-state index is 12.8. The van der Waals surface area contributed by atoms with Gasteiger partial charge in [-0.25, -0.2) is 0 Å². The second kappa shape index (κ2) is 7.56. The minimum Gasteiger partial charge on any atom is -0.339 e. The third-order valence-corrected chi connectivity index (χ3v) is 4.88. The quantitative estimate of drug-likeness (QED) is 0.861. The van der Waals surface area contributed by atoms with Crippen molar-refractivity contribution in [3.8, 4) is 11.1 Å². The molecule has 2 heterocycles. The largest absolute Gasteiger partial charge is 0.339 e. The Kier molecular flexibility index (Phi) is 5.21. The molecule has 6 nitrogen and oxygen atoms in total. The summed E-state index contributed by atoms with van der Waals surface area (Å²) in [6.07, 6.45) is 2.64. The Morgan fingerprint density at radius 3 is 2.50 bits per heavy atom. The minimum absolute atomic E-state index is 0.0177. The van der Waals surface area contributed by atoms with Crippen LogP contribution >= 0.6 is 0 Å². The summed E-state index contributed by atoms with van der Waals surface area (Å²) in [5.41, 5.74) is 2.85. The third kappa shape index (κ3) is 3.54. The highest BCUT2D eigenvalue weighted by Gasteiger charge is 2.28. The molecule has 1 aliphatic rings. The molecule has 0 radical (unpaired) electrons. The van der Waals surface area contributed by atoms with Gasteiger partial charge < -0.3 is 10.2 Å². The molecule has 1 aromatic carbocycles. The summed E-state index contributed by atoms with van der Waals surface area (Å²) < 4.78 is 1.71. The van der Waals surface area contributed by atoms with Gasteiger partial charge in [0, 0.05) is 31.6 Å². The Bertz CT molecular complexity index is 818. The maximum Gasteiger partial charge on any atom is 0.245 e. The highest BCUT2D eigenvalue weighted by Crippen LogP contribution is 2.31. The molecule has 26 heavy (non-hydrogen) atoms. The molecule has 1 N–H and O–H groups in total. The lowest BCUT2D eigenvalue weighted by Crippen LogP contribution is -2.40. The van der Waals surface area contributed by atoms with Crippen molar-refractivity contribution in [2.45, 2.75) is 19.8 Å². The van der Waals surface area contributed by atoms with Crippen molar-refractivity contribution >= 4 is 17.6 Å². The highest BCUT2D eigenvalue weighted by atomic mass is 16.2. The first-order chi connectivity index (χ1) is 12.5. The molecule has 6 heteroatoms. The van der Waals surface area contributed by atoms with Gasteiger partial charge in [-0.2, -0.15) is 5.10 Å². The Morgan fingerprint density at radius 2 is 1.88 bits per heavy atom. The zero-order chi connectivity index (χ0) is 18.7. The van der Waals surface area contributed by atoms with Gasteiger partial charge in [-0.3, -0.25) is 14.3 Å². The number of amides is 2. The average molecular weight is 352 g/mol. The fourth-order valence-corrected chi connectivity index (χ4v) is 3.46. The van der Waals surface area contributed by atoms with Crippen LogP contribution in [0.3, 0.4) is 0 Å². The number of nitrogens with one attached hydrogen (secondary N) is 1. The zero-order valence-electron chi connectivity index (χ0n) is 15.2. The molecular formula is C20H24N4O2. The van der Waals surface area contributed by atoms with Crippen LogP contribution in [0, 0.1) is 12.8 Å². The molecule has 136 valence electrons. The number of rotatable bonds is 4. The summed E-state index contributed by atoms with van der Waals surface area (Å²) >= 11 is 0. The van der Waals surface area contributed by atoms with Gasteiger partial charge in [0.2, 0.25) is 11.8 Å². The molecule has 1 fully saturated rings. The molecule has 1 aromatic heterocycles. The molecule has 1 saturated heterocycles. The number of nitrogens with zero attached hydrogens (tertiary/aromatic N) is 3. The lowest BCUT2D eigenvalue weighted by Gasteiger charge is -2.30. The van der Waals surface area contributed by atoms with E-state index in [1.165, 1.54) is 6.08 Å². The van der Waals surface area contributed by atoms with Crippen LogP contribution in [0.1, 0.15) is 18.5 Å². The summed E-state index contributed by atoms with van der Waals surface area (Å²) in [5.74, 6) is 0.513. The molecule has 3 rings (SSSR count). The van der Waals surface area contributed by atoms with Gasteiger partial charge in [0.05, 0.1) is 5.69 Å². The highest BCUT2D eigenvalue weighted by molar-refractivity contribution is 5.96. The Labute approximate surface area is 153 Å². The summed E-state index contributed by atoms with van der Waals surface area (Å²) in [4.78, 5) is 26.2. The summed E-state index contributed by atoms with van der Waals surface area (Å²) in [6.45, 7) is 6.62. The summed E-state index contributed by atoms with van der Waals surface area (Å²) in [7, 11) is 1.83. The van der Waals surface area contributed by atoms with Gasteiger partial charge in [-0.1, -0.05) is 36.9 Å². The first kappa shape index (κ1) is 17.9. The number of carbonyl (C=O) groups excluding carboxylic acids is 2.